The number of hydrogen-bond acceptors (Lipinski definition) is 2. The topological polar surface area (TPSA) is 32.6 Å². The van der Waals surface area contributed by atoms with Crippen LogP contribution in [0, 0.1) is 13.8 Å². The van der Waals surface area contributed by atoms with Crippen molar-refractivity contribution in [2.24, 2.45) is 4.99 Å². The van der Waals surface area contributed by atoms with Crippen molar-refractivity contribution in [3.63, 3.8) is 0 Å². The Balaban J connectivity index is 0.000000745. The molecule has 0 aliphatic rings. The number of halogens is 2. The average Bonchev–Trinajstić information content (AvgIpc) is 2.47. The Morgan fingerprint density at radius 1 is 1.18 bits per heavy atom. The predicted octanol–water partition coefficient (Wildman–Crippen LogP) is 4.06. The van der Waals surface area contributed by atoms with Gasteiger partial charge in [-0.25, -0.2) is 0 Å². The SMILES string of the molecule is CN=Cc1cccc(C)c1Pc1cc(C)ccc1O.[Cl][Ti][Cl]. The van der Waals surface area contributed by atoms with Crippen LogP contribution in [0.5, 0.6) is 5.75 Å². The molecule has 0 aliphatic heterocycles. The van der Waals surface area contributed by atoms with Crippen molar-refractivity contribution in [3.8, 4) is 5.75 Å². The first-order valence-electron chi connectivity index (χ1n) is 6.58. The molecule has 1 atom stereocenters. The summed E-state index contributed by atoms with van der Waals surface area (Å²) in [5, 5.41) is 12.2. The van der Waals surface area contributed by atoms with Crippen LogP contribution in [-0.2, 0) is 17.0 Å². The first-order valence-corrected chi connectivity index (χ1v) is 11.9. The van der Waals surface area contributed by atoms with E-state index in [4.69, 9.17) is 18.6 Å². The van der Waals surface area contributed by atoms with Crippen molar-refractivity contribution in [2.75, 3.05) is 7.05 Å². The Morgan fingerprint density at radius 3 is 2.50 bits per heavy atom. The van der Waals surface area contributed by atoms with E-state index in [2.05, 4.69) is 24.0 Å². The summed E-state index contributed by atoms with van der Waals surface area (Å²) in [7, 11) is 12.0. The fourth-order valence-corrected chi connectivity index (χ4v) is 3.35. The molecule has 0 radical (unpaired) electrons. The Morgan fingerprint density at radius 2 is 1.86 bits per heavy atom. The Hall–Kier alpha value is -0.366. The summed E-state index contributed by atoms with van der Waals surface area (Å²) in [6.07, 6.45) is 1.88. The van der Waals surface area contributed by atoms with Gasteiger partial charge in [0, 0.05) is 24.1 Å². The first-order chi connectivity index (χ1) is 10.5. The standard InChI is InChI=1S/C16H18NOP.2ClH.Ti/c1-11-7-8-14(18)15(9-11)19-16-12(2)5-4-6-13(16)10-17-3;;;/h4-10,18-19H,1-3H3;2*1H;/q;;;+2/p-2. The summed E-state index contributed by atoms with van der Waals surface area (Å²) in [5.41, 5.74) is 3.53. The number of aliphatic imine (C=N–C) groups is 1. The van der Waals surface area contributed by atoms with Crippen LogP contribution in [0.2, 0.25) is 0 Å². The summed E-state index contributed by atoms with van der Waals surface area (Å²) >= 11 is -0.556. The number of phenols is 1. The number of rotatable bonds is 3. The molecular weight excluding hydrogens is 372 g/mol. The molecule has 0 aliphatic carbocycles. The van der Waals surface area contributed by atoms with Crippen LogP contribution < -0.4 is 10.6 Å². The van der Waals surface area contributed by atoms with E-state index < -0.39 is 17.0 Å². The van der Waals surface area contributed by atoms with E-state index in [0.29, 0.717) is 14.3 Å². The Bertz CT molecular complexity index is 650. The van der Waals surface area contributed by atoms with Crippen LogP contribution in [0.1, 0.15) is 16.7 Å². The number of aromatic hydroxyl groups is 1. The maximum absolute atomic E-state index is 9.98. The number of phenolic OH excluding ortho intramolecular Hbond substituents is 1. The molecule has 0 amide bonds. The number of hydrogen-bond donors (Lipinski definition) is 1. The molecule has 0 spiro atoms. The van der Waals surface area contributed by atoms with Gasteiger partial charge < -0.3 is 5.11 Å². The minimum absolute atomic E-state index is 0.367. The van der Waals surface area contributed by atoms with Gasteiger partial charge in [0.05, 0.1) is 0 Å². The fraction of sp³-hybridized carbons (Fsp3) is 0.188. The van der Waals surface area contributed by atoms with Gasteiger partial charge in [-0.05, 0) is 36.8 Å². The molecule has 22 heavy (non-hydrogen) atoms. The Kier molecular flexibility index (Phi) is 9.32. The quantitative estimate of drug-likeness (QED) is 0.479. The van der Waals surface area contributed by atoms with Gasteiger partial charge >= 0.3 is 35.6 Å². The summed E-state index contributed by atoms with van der Waals surface area (Å²) in [5.74, 6) is 0.367. The van der Waals surface area contributed by atoms with Crippen LogP contribution in [0.25, 0.3) is 0 Å². The Labute approximate surface area is 150 Å². The van der Waals surface area contributed by atoms with Crippen molar-refractivity contribution in [3.05, 3.63) is 53.1 Å². The van der Waals surface area contributed by atoms with Crippen LogP contribution in [0.4, 0.5) is 0 Å². The van der Waals surface area contributed by atoms with Gasteiger partial charge in [-0.15, -0.1) is 0 Å². The second kappa shape index (κ2) is 10.4. The van der Waals surface area contributed by atoms with E-state index in [1.54, 1.807) is 13.1 Å². The molecule has 2 nitrogen and oxygen atoms in total. The summed E-state index contributed by atoms with van der Waals surface area (Å²) in [6.45, 7) is 4.14. The molecule has 2 aromatic carbocycles. The molecule has 0 aromatic heterocycles. The normalized spacial score (nSPS) is 10.8. The average molecular weight is 390 g/mol. The third kappa shape index (κ3) is 6.03. The molecule has 1 N–H and O–H groups in total. The monoisotopic (exact) mass is 389 g/mol. The van der Waals surface area contributed by atoms with Crippen molar-refractivity contribution < 1.29 is 22.1 Å². The minimum atomic E-state index is -0.556. The molecule has 0 bridgehead atoms. The molecule has 0 heterocycles. The van der Waals surface area contributed by atoms with Crippen LogP contribution in [0.3, 0.4) is 0 Å². The molecule has 2 rings (SSSR count). The molecule has 0 saturated carbocycles. The first kappa shape index (κ1) is 19.7. The van der Waals surface area contributed by atoms with Gasteiger partial charge in [-0.1, -0.05) is 38.4 Å². The zero-order valence-electron chi connectivity index (χ0n) is 12.7. The molecule has 6 heteroatoms. The van der Waals surface area contributed by atoms with Crippen LogP contribution >= 0.6 is 27.2 Å². The van der Waals surface area contributed by atoms with Crippen molar-refractivity contribution in [1.82, 2.24) is 0 Å². The summed E-state index contributed by atoms with van der Waals surface area (Å²) < 4.78 is 0. The molecule has 1 unspecified atom stereocenters. The van der Waals surface area contributed by atoms with Crippen LogP contribution in [-0.4, -0.2) is 18.4 Å². The van der Waals surface area contributed by atoms with E-state index in [-0.39, 0.29) is 0 Å². The predicted molar refractivity (Wildman–Crippen MR) is 96.8 cm³/mol. The van der Waals surface area contributed by atoms with Gasteiger partial charge in [-0.2, -0.15) is 0 Å². The molecular formula is C16H18Cl2NOPTi. The van der Waals surface area contributed by atoms with E-state index >= 15 is 0 Å². The third-order valence-corrected chi connectivity index (χ3v) is 4.59. The van der Waals surface area contributed by atoms with Crippen molar-refractivity contribution in [2.45, 2.75) is 13.8 Å². The molecule has 116 valence electrons. The summed E-state index contributed by atoms with van der Waals surface area (Å²) in [6, 6.07) is 11.9. The van der Waals surface area contributed by atoms with E-state index in [1.165, 1.54) is 16.4 Å². The molecule has 0 fully saturated rings. The van der Waals surface area contributed by atoms with Crippen molar-refractivity contribution >= 4 is 44.0 Å². The zero-order valence-corrected chi connectivity index (χ0v) is 16.8. The number of benzene rings is 2. The second-order valence-corrected chi connectivity index (χ2v) is 8.51. The van der Waals surface area contributed by atoms with Gasteiger partial charge in [0.2, 0.25) is 0 Å². The van der Waals surface area contributed by atoms with E-state index in [0.717, 1.165) is 10.9 Å². The van der Waals surface area contributed by atoms with Gasteiger partial charge in [0.15, 0.2) is 0 Å². The number of nitrogens with zero attached hydrogens (tertiary/aromatic N) is 1. The molecule has 0 saturated heterocycles. The molecule has 2 aromatic rings. The van der Waals surface area contributed by atoms with Crippen molar-refractivity contribution in [1.29, 1.82) is 0 Å². The second-order valence-electron chi connectivity index (χ2n) is 4.64. The van der Waals surface area contributed by atoms with E-state index in [9.17, 15) is 5.11 Å². The van der Waals surface area contributed by atoms with E-state index in [1.807, 2.05) is 31.3 Å². The fourth-order valence-electron chi connectivity index (χ4n) is 1.99. The summed E-state index contributed by atoms with van der Waals surface area (Å²) in [4.78, 5) is 4.11. The van der Waals surface area contributed by atoms with Gasteiger partial charge in [0.1, 0.15) is 5.75 Å². The van der Waals surface area contributed by atoms with Gasteiger partial charge in [-0.3, -0.25) is 4.99 Å². The van der Waals surface area contributed by atoms with Crippen LogP contribution in [0.15, 0.2) is 41.4 Å². The number of aryl methyl sites for hydroxylation is 2. The zero-order chi connectivity index (χ0) is 16.5. The maximum atomic E-state index is 9.98. The third-order valence-electron chi connectivity index (χ3n) is 2.98. The van der Waals surface area contributed by atoms with Gasteiger partial charge in [0.25, 0.3) is 0 Å².